The molecule has 0 aliphatic rings. The first-order chi connectivity index (χ1) is 13.3. The van der Waals surface area contributed by atoms with E-state index in [9.17, 15) is 14.4 Å². The first-order valence-corrected chi connectivity index (χ1v) is 9.80. The molecule has 0 spiro atoms. The Kier molecular flexibility index (Phi) is 7.75. The van der Waals surface area contributed by atoms with Crippen LogP contribution in [-0.4, -0.2) is 24.3 Å². The van der Waals surface area contributed by atoms with Crippen molar-refractivity contribution in [1.82, 2.24) is 5.32 Å². The van der Waals surface area contributed by atoms with Crippen LogP contribution in [0.3, 0.4) is 0 Å². The van der Waals surface area contributed by atoms with Crippen molar-refractivity contribution in [2.45, 2.75) is 27.2 Å². The zero-order valence-corrected chi connectivity index (χ0v) is 17.7. The molecule has 0 bridgehead atoms. The first kappa shape index (κ1) is 21.6. The zero-order valence-electron chi connectivity index (χ0n) is 16.1. The molecule has 3 N–H and O–H groups in total. The number of anilines is 2. The second kappa shape index (κ2) is 10.0. The van der Waals surface area contributed by atoms with Gasteiger partial charge in [0.25, 0.3) is 5.91 Å². The van der Waals surface area contributed by atoms with Crippen LogP contribution in [0, 0.1) is 12.8 Å². The third-order valence-electron chi connectivity index (χ3n) is 4.05. The van der Waals surface area contributed by atoms with E-state index in [1.54, 1.807) is 24.3 Å². The number of nitrogens with one attached hydrogen (secondary N) is 3. The summed E-state index contributed by atoms with van der Waals surface area (Å²) >= 11 is 3.38. The van der Waals surface area contributed by atoms with Crippen LogP contribution >= 0.6 is 15.9 Å². The van der Waals surface area contributed by atoms with Gasteiger partial charge in [-0.25, -0.2) is 0 Å². The largest absolute Gasteiger partial charge is 0.352 e. The summed E-state index contributed by atoms with van der Waals surface area (Å²) in [6, 6.07) is 12.3. The Labute approximate surface area is 173 Å². The Morgan fingerprint density at radius 1 is 1.00 bits per heavy atom. The van der Waals surface area contributed by atoms with E-state index in [-0.39, 0.29) is 36.6 Å². The third-order valence-corrected chi connectivity index (χ3v) is 4.54. The minimum atomic E-state index is -0.270. The summed E-state index contributed by atoms with van der Waals surface area (Å²) in [5.74, 6) is -0.639. The topological polar surface area (TPSA) is 87.3 Å². The summed E-state index contributed by atoms with van der Waals surface area (Å²) in [6.07, 6.45) is 0.167. The molecule has 2 aromatic rings. The highest BCUT2D eigenvalue weighted by atomic mass is 79.9. The summed E-state index contributed by atoms with van der Waals surface area (Å²) in [7, 11) is 0. The molecule has 0 aromatic heterocycles. The van der Waals surface area contributed by atoms with Crippen molar-refractivity contribution in [3.8, 4) is 0 Å². The summed E-state index contributed by atoms with van der Waals surface area (Å²) in [5, 5.41) is 8.33. The number of hydrogen-bond acceptors (Lipinski definition) is 3. The number of halogens is 1. The number of hydrogen-bond donors (Lipinski definition) is 3. The summed E-state index contributed by atoms with van der Waals surface area (Å²) in [4.78, 5) is 35.9. The fourth-order valence-electron chi connectivity index (χ4n) is 2.32. The number of carbonyl (C=O) groups excluding carboxylic acids is 3. The van der Waals surface area contributed by atoms with Crippen LogP contribution in [0.25, 0.3) is 0 Å². The molecule has 28 heavy (non-hydrogen) atoms. The Balaban J connectivity index is 1.81. The Morgan fingerprint density at radius 2 is 1.68 bits per heavy atom. The van der Waals surface area contributed by atoms with Crippen LogP contribution in [0.15, 0.2) is 46.9 Å². The molecule has 0 aliphatic heterocycles. The second-order valence-electron chi connectivity index (χ2n) is 6.73. The van der Waals surface area contributed by atoms with Crippen molar-refractivity contribution >= 4 is 45.0 Å². The van der Waals surface area contributed by atoms with Crippen LogP contribution in [-0.2, 0) is 9.59 Å². The molecule has 0 aliphatic carbocycles. The van der Waals surface area contributed by atoms with Gasteiger partial charge in [-0.2, -0.15) is 0 Å². The molecule has 6 nitrogen and oxygen atoms in total. The van der Waals surface area contributed by atoms with E-state index < -0.39 is 0 Å². The maximum Gasteiger partial charge on any atom is 0.251 e. The maximum absolute atomic E-state index is 12.2. The molecule has 0 fully saturated rings. The van der Waals surface area contributed by atoms with Crippen molar-refractivity contribution in [2.24, 2.45) is 5.92 Å². The van der Waals surface area contributed by atoms with Crippen molar-refractivity contribution in [1.29, 1.82) is 0 Å². The van der Waals surface area contributed by atoms with Gasteiger partial charge in [0.2, 0.25) is 11.8 Å². The lowest BCUT2D eigenvalue weighted by atomic mass is 10.1. The molecular formula is C21H24BrN3O3. The number of aryl methyl sites for hydroxylation is 1. The number of benzene rings is 2. The molecule has 0 atom stereocenters. The standard InChI is InChI=1S/C21H24BrN3O3/c1-13(2)20(27)24-17-8-5-15(6-9-17)21(28)23-11-10-19(26)25-18-12-16(22)7-4-14(18)3/h4-9,12-13H,10-11H2,1-3H3,(H,23,28)(H,24,27)(H,25,26). The average molecular weight is 446 g/mol. The Morgan fingerprint density at radius 3 is 2.32 bits per heavy atom. The molecule has 0 radical (unpaired) electrons. The molecule has 3 amide bonds. The van der Waals surface area contributed by atoms with Gasteiger partial charge in [0.1, 0.15) is 0 Å². The van der Waals surface area contributed by atoms with E-state index in [2.05, 4.69) is 31.9 Å². The lowest BCUT2D eigenvalue weighted by Gasteiger charge is -2.10. The molecule has 0 unspecified atom stereocenters. The van der Waals surface area contributed by atoms with Crippen LogP contribution in [0.1, 0.15) is 36.2 Å². The van der Waals surface area contributed by atoms with E-state index in [1.807, 2.05) is 39.0 Å². The quantitative estimate of drug-likeness (QED) is 0.598. The van der Waals surface area contributed by atoms with Gasteiger partial charge in [0.05, 0.1) is 0 Å². The van der Waals surface area contributed by atoms with Gasteiger partial charge >= 0.3 is 0 Å². The fourth-order valence-corrected chi connectivity index (χ4v) is 2.69. The van der Waals surface area contributed by atoms with Crippen LogP contribution in [0.4, 0.5) is 11.4 Å². The van der Waals surface area contributed by atoms with Crippen LogP contribution < -0.4 is 16.0 Å². The number of rotatable bonds is 7. The van der Waals surface area contributed by atoms with Crippen molar-refractivity contribution in [3.63, 3.8) is 0 Å². The molecular weight excluding hydrogens is 422 g/mol. The van der Waals surface area contributed by atoms with Gasteiger partial charge < -0.3 is 16.0 Å². The molecule has 0 saturated heterocycles. The van der Waals surface area contributed by atoms with Gasteiger partial charge in [-0.15, -0.1) is 0 Å². The SMILES string of the molecule is Cc1ccc(Br)cc1NC(=O)CCNC(=O)c1ccc(NC(=O)C(C)C)cc1. The average Bonchev–Trinajstić information content (AvgIpc) is 2.65. The van der Waals surface area contributed by atoms with E-state index in [0.717, 1.165) is 15.7 Å². The molecule has 0 saturated carbocycles. The van der Waals surface area contributed by atoms with Crippen LogP contribution in [0.5, 0.6) is 0 Å². The lowest BCUT2D eigenvalue weighted by molar-refractivity contribution is -0.119. The minimum absolute atomic E-state index is 0.0797. The summed E-state index contributed by atoms with van der Waals surface area (Å²) in [5.41, 5.74) is 2.81. The van der Waals surface area contributed by atoms with Gasteiger partial charge in [-0.1, -0.05) is 35.8 Å². The number of carbonyl (C=O) groups is 3. The van der Waals surface area contributed by atoms with E-state index in [4.69, 9.17) is 0 Å². The van der Waals surface area contributed by atoms with Crippen molar-refractivity contribution in [3.05, 3.63) is 58.1 Å². The van der Waals surface area contributed by atoms with Gasteiger partial charge in [-0.3, -0.25) is 14.4 Å². The zero-order chi connectivity index (χ0) is 20.7. The summed E-state index contributed by atoms with van der Waals surface area (Å²) < 4.78 is 0.884. The first-order valence-electron chi connectivity index (χ1n) is 9.01. The van der Waals surface area contributed by atoms with Gasteiger partial charge in [0.15, 0.2) is 0 Å². The minimum Gasteiger partial charge on any atom is -0.352 e. The Bertz CT molecular complexity index is 864. The normalized spacial score (nSPS) is 10.5. The van der Waals surface area contributed by atoms with Gasteiger partial charge in [0, 0.05) is 40.3 Å². The summed E-state index contributed by atoms with van der Waals surface area (Å²) in [6.45, 7) is 5.76. The fraction of sp³-hybridized carbons (Fsp3) is 0.286. The molecule has 2 aromatic carbocycles. The van der Waals surface area contributed by atoms with Crippen molar-refractivity contribution in [2.75, 3.05) is 17.2 Å². The Hall–Kier alpha value is -2.67. The van der Waals surface area contributed by atoms with Gasteiger partial charge in [-0.05, 0) is 48.9 Å². The predicted molar refractivity (Wildman–Crippen MR) is 114 cm³/mol. The molecule has 7 heteroatoms. The highest BCUT2D eigenvalue weighted by Crippen LogP contribution is 2.20. The van der Waals surface area contributed by atoms with Crippen LogP contribution in [0.2, 0.25) is 0 Å². The molecule has 0 heterocycles. The smallest absolute Gasteiger partial charge is 0.251 e. The second-order valence-corrected chi connectivity index (χ2v) is 7.65. The van der Waals surface area contributed by atoms with Crippen molar-refractivity contribution < 1.29 is 14.4 Å². The number of amides is 3. The predicted octanol–water partition coefficient (Wildman–Crippen LogP) is 4.11. The third kappa shape index (κ3) is 6.49. The highest BCUT2D eigenvalue weighted by Gasteiger charge is 2.10. The van der Waals surface area contributed by atoms with E-state index in [0.29, 0.717) is 11.3 Å². The van der Waals surface area contributed by atoms with E-state index >= 15 is 0 Å². The lowest BCUT2D eigenvalue weighted by Crippen LogP contribution is -2.27. The highest BCUT2D eigenvalue weighted by molar-refractivity contribution is 9.10. The molecule has 148 valence electrons. The van der Waals surface area contributed by atoms with E-state index in [1.165, 1.54) is 0 Å². The monoisotopic (exact) mass is 445 g/mol. The maximum atomic E-state index is 12.2. The molecule has 2 rings (SSSR count).